The minimum Gasteiger partial charge on any atom is -0.320 e. The fourth-order valence-corrected chi connectivity index (χ4v) is 3.63. The van der Waals surface area contributed by atoms with Crippen molar-refractivity contribution in [1.82, 2.24) is 9.78 Å². The van der Waals surface area contributed by atoms with Crippen LogP contribution < -0.4 is 10.9 Å². The van der Waals surface area contributed by atoms with E-state index in [9.17, 15) is 9.59 Å². The molecule has 0 atom stereocenters. The van der Waals surface area contributed by atoms with Gasteiger partial charge in [0.25, 0.3) is 11.5 Å². The number of nitrogens with one attached hydrogen (secondary N) is 1. The van der Waals surface area contributed by atoms with Crippen molar-refractivity contribution in [2.45, 2.75) is 6.54 Å². The maximum atomic E-state index is 12.8. The number of para-hydroxylation sites is 1. The molecule has 138 valence electrons. The lowest BCUT2D eigenvalue weighted by Gasteiger charge is -2.11. The molecule has 4 rings (SSSR count). The molecule has 0 spiro atoms. The van der Waals surface area contributed by atoms with Crippen LogP contribution in [0.15, 0.2) is 89.0 Å². The average Bonchev–Trinajstić information content (AvgIpc) is 3.25. The van der Waals surface area contributed by atoms with Crippen LogP contribution in [0.1, 0.15) is 16.1 Å². The summed E-state index contributed by atoms with van der Waals surface area (Å²) in [5.74, 6) is -0.356. The van der Waals surface area contributed by atoms with E-state index in [0.29, 0.717) is 12.2 Å². The predicted octanol–water partition coefficient (Wildman–Crippen LogP) is 4.27. The minimum absolute atomic E-state index is 0.191. The SMILES string of the molecule is O=C(Nc1ccccc1-c1cccs1)c1ccc(=O)n(Cc2ccccc2)n1. The highest BCUT2D eigenvalue weighted by Gasteiger charge is 2.13. The van der Waals surface area contributed by atoms with Crippen molar-refractivity contribution in [2.24, 2.45) is 0 Å². The lowest BCUT2D eigenvalue weighted by Crippen LogP contribution is -2.26. The number of carbonyl (C=O) groups is 1. The predicted molar refractivity (Wildman–Crippen MR) is 112 cm³/mol. The summed E-state index contributed by atoms with van der Waals surface area (Å²) in [6, 6.07) is 24.0. The van der Waals surface area contributed by atoms with Crippen LogP contribution in [0.25, 0.3) is 10.4 Å². The van der Waals surface area contributed by atoms with E-state index in [0.717, 1.165) is 16.0 Å². The zero-order valence-electron chi connectivity index (χ0n) is 14.9. The number of amides is 1. The van der Waals surface area contributed by atoms with E-state index < -0.39 is 0 Å². The van der Waals surface area contributed by atoms with Gasteiger partial charge in [-0.05, 0) is 29.1 Å². The monoisotopic (exact) mass is 387 g/mol. The number of thiophene rings is 1. The molecule has 4 aromatic rings. The van der Waals surface area contributed by atoms with Crippen LogP contribution >= 0.6 is 11.3 Å². The van der Waals surface area contributed by atoms with Gasteiger partial charge in [0.1, 0.15) is 5.69 Å². The van der Waals surface area contributed by atoms with Crippen molar-refractivity contribution in [1.29, 1.82) is 0 Å². The number of hydrogen-bond acceptors (Lipinski definition) is 4. The first kappa shape index (κ1) is 17.9. The highest BCUT2D eigenvalue weighted by Crippen LogP contribution is 2.31. The fraction of sp³-hybridized carbons (Fsp3) is 0.0455. The van der Waals surface area contributed by atoms with Gasteiger partial charge in [-0.25, -0.2) is 4.68 Å². The van der Waals surface area contributed by atoms with E-state index >= 15 is 0 Å². The van der Waals surface area contributed by atoms with Crippen molar-refractivity contribution in [3.8, 4) is 10.4 Å². The Morgan fingerprint density at radius 3 is 2.50 bits per heavy atom. The Morgan fingerprint density at radius 2 is 1.71 bits per heavy atom. The molecule has 0 fully saturated rings. The molecule has 0 aliphatic heterocycles. The summed E-state index contributed by atoms with van der Waals surface area (Å²) in [5.41, 5.74) is 2.54. The van der Waals surface area contributed by atoms with E-state index in [4.69, 9.17) is 0 Å². The summed E-state index contributed by atoms with van der Waals surface area (Å²) in [6.07, 6.45) is 0. The van der Waals surface area contributed by atoms with E-state index in [-0.39, 0.29) is 17.2 Å². The molecular formula is C22H17N3O2S. The molecule has 6 heteroatoms. The third-order valence-corrected chi connectivity index (χ3v) is 5.14. The molecule has 0 unspecified atom stereocenters. The van der Waals surface area contributed by atoms with Crippen LogP contribution in [0.5, 0.6) is 0 Å². The Hall–Kier alpha value is -3.51. The molecule has 0 bridgehead atoms. The van der Waals surface area contributed by atoms with Gasteiger partial charge in [-0.15, -0.1) is 11.3 Å². The number of hydrogen-bond donors (Lipinski definition) is 1. The molecule has 0 aliphatic carbocycles. The molecule has 1 amide bonds. The number of benzene rings is 2. The van der Waals surface area contributed by atoms with Gasteiger partial charge in [0.2, 0.25) is 0 Å². The molecule has 5 nitrogen and oxygen atoms in total. The first-order valence-electron chi connectivity index (χ1n) is 8.77. The van der Waals surface area contributed by atoms with Crippen LogP contribution in [-0.2, 0) is 6.54 Å². The van der Waals surface area contributed by atoms with Crippen LogP contribution in [0.4, 0.5) is 5.69 Å². The summed E-state index contributed by atoms with van der Waals surface area (Å²) in [5, 5.41) is 9.16. The average molecular weight is 387 g/mol. The summed E-state index contributed by atoms with van der Waals surface area (Å²) in [4.78, 5) is 26.0. The van der Waals surface area contributed by atoms with Crippen LogP contribution in [0.3, 0.4) is 0 Å². The number of rotatable bonds is 5. The highest BCUT2D eigenvalue weighted by molar-refractivity contribution is 7.13. The van der Waals surface area contributed by atoms with Crippen molar-refractivity contribution < 1.29 is 4.79 Å². The Morgan fingerprint density at radius 1 is 0.929 bits per heavy atom. The molecule has 0 aliphatic rings. The van der Waals surface area contributed by atoms with Gasteiger partial charge in [-0.1, -0.05) is 54.6 Å². The quantitative estimate of drug-likeness (QED) is 0.556. The van der Waals surface area contributed by atoms with Crippen molar-refractivity contribution in [2.75, 3.05) is 5.32 Å². The minimum atomic E-state index is -0.356. The molecule has 0 saturated heterocycles. The first-order chi connectivity index (χ1) is 13.7. The van der Waals surface area contributed by atoms with Crippen molar-refractivity contribution >= 4 is 22.9 Å². The van der Waals surface area contributed by atoms with E-state index in [1.54, 1.807) is 11.3 Å². The second-order valence-corrected chi connectivity index (χ2v) is 7.12. The fourth-order valence-electron chi connectivity index (χ4n) is 2.86. The van der Waals surface area contributed by atoms with Gasteiger partial charge >= 0.3 is 0 Å². The molecule has 2 heterocycles. The lowest BCUT2D eigenvalue weighted by molar-refractivity contribution is 0.102. The number of aromatic nitrogens is 2. The summed E-state index contributed by atoms with van der Waals surface area (Å²) in [7, 11) is 0. The summed E-state index contributed by atoms with van der Waals surface area (Å²) >= 11 is 1.61. The summed E-state index contributed by atoms with van der Waals surface area (Å²) < 4.78 is 1.30. The highest BCUT2D eigenvalue weighted by atomic mass is 32.1. The maximum absolute atomic E-state index is 12.8. The Labute approximate surface area is 165 Å². The molecule has 1 N–H and O–H groups in total. The number of nitrogens with zero attached hydrogens (tertiary/aromatic N) is 2. The lowest BCUT2D eigenvalue weighted by atomic mass is 10.1. The molecule has 2 aromatic heterocycles. The second kappa shape index (κ2) is 8.02. The third-order valence-electron chi connectivity index (χ3n) is 4.24. The van der Waals surface area contributed by atoms with E-state index in [1.165, 1.54) is 16.8 Å². The maximum Gasteiger partial charge on any atom is 0.276 e. The molecule has 28 heavy (non-hydrogen) atoms. The summed E-state index contributed by atoms with van der Waals surface area (Å²) in [6.45, 7) is 0.312. The topological polar surface area (TPSA) is 64.0 Å². The zero-order chi connectivity index (χ0) is 19.3. The molecule has 0 saturated carbocycles. The van der Waals surface area contributed by atoms with Gasteiger partial charge in [0, 0.05) is 22.2 Å². The molecule has 0 radical (unpaired) electrons. The first-order valence-corrected chi connectivity index (χ1v) is 9.65. The number of anilines is 1. The van der Waals surface area contributed by atoms with Crippen LogP contribution in [0, 0.1) is 0 Å². The van der Waals surface area contributed by atoms with Crippen molar-refractivity contribution in [3.05, 3.63) is 106 Å². The largest absolute Gasteiger partial charge is 0.320 e. The second-order valence-electron chi connectivity index (χ2n) is 6.18. The standard InChI is InChI=1S/C22H17N3O2S/c26-21-13-12-19(24-25(21)15-16-7-2-1-3-8-16)22(27)23-18-10-5-4-9-17(18)20-11-6-14-28-20/h1-14H,15H2,(H,23,27). The Kier molecular flexibility index (Phi) is 5.12. The van der Waals surface area contributed by atoms with Crippen LogP contribution in [0.2, 0.25) is 0 Å². The van der Waals surface area contributed by atoms with E-state index in [1.807, 2.05) is 72.1 Å². The normalized spacial score (nSPS) is 10.6. The number of carbonyl (C=O) groups excluding carboxylic acids is 1. The Bertz CT molecular complexity index is 1150. The zero-order valence-corrected chi connectivity index (χ0v) is 15.7. The smallest absolute Gasteiger partial charge is 0.276 e. The van der Waals surface area contributed by atoms with Gasteiger partial charge in [-0.3, -0.25) is 9.59 Å². The van der Waals surface area contributed by atoms with Gasteiger partial charge < -0.3 is 5.32 Å². The van der Waals surface area contributed by atoms with Crippen molar-refractivity contribution in [3.63, 3.8) is 0 Å². The third kappa shape index (κ3) is 3.92. The van der Waals surface area contributed by atoms with Gasteiger partial charge in [0.15, 0.2) is 0 Å². The van der Waals surface area contributed by atoms with Crippen LogP contribution in [-0.4, -0.2) is 15.7 Å². The molecule has 2 aromatic carbocycles. The Balaban J connectivity index is 1.60. The van der Waals surface area contributed by atoms with Gasteiger partial charge in [-0.2, -0.15) is 5.10 Å². The van der Waals surface area contributed by atoms with E-state index in [2.05, 4.69) is 10.4 Å². The van der Waals surface area contributed by atoms with Gasteiger partial charge in [0.05, 0.1) is 6.54 Å². The molecular weight excluding hydrogens is 370 g/mol.